The summed E-state index contributed by atoms with van der Waals surface area (Å²) in [5.41, 5.74) is 6.44. The van der Waals surface area contributed by atoms with Crippen LogP contribution in [0.15, 0.2) is 47.8 Å². The molecule has 3 rings (SSSR count). The van der Waals surface area contributed by atoms with Gasteiger partial charge in [-0.3, -0.25) is 9.59 Å². The van der Waals surface area contributed by atoms with E-state index in [1.165, 1.54) is 29.4 Å². The van der Waals surface area contributed by atoms with E-state index in [-0.39, 0.29) is 24.3 Å². The summed E-state index contributed by atoms with van der Waals surface area (Å²) in [5.74, 6) is -0.362. The van der Waals surface area contributed by atoms with E-state index >= 15 is 0 Å². The Labute approximate surface area is 175 Å². The predicted octanol–water partition coefficient (Wildman–Crippen LogP) is 4.94. The van der Waals surface area contributed by atoms with Gasteiger partial charge < -0.3 is 10.6 Å². The molecule has 0 aliphatic heterocycles. The molecule has 2 aromatic carbocycles. The maximum atomic E-state index is 12.6. The standard InChI is InChI=1S/C23H25N3O2S/c1-14-10-16(3)19(11-15(14)2)21-13-29-23(25-21)26-22(28)12-20(24-17(4)27)18-8-6-5-7-9-18/h5-11,13,20H,12H2,1-4H3,(H,24,27)(H,25,26,28)/t20-/m0/s1. The van der Waals surface area contributed by atoms with Crippen molar-refractivity contribution in [3.8, 4) is 11.3 Å². The first-order chi connectivity index (χ1) is 13.8. The van der Waals surface area contributed by atoms with Crippen LogP contribution < -0.4 is 10.6 Å². The molecule has 0 radical (unpaired) electrons. The normalized spacial score (nSPS) is 11.7. The maximum Gasteiger partial charge on any atom is 0.228 e. The fraction of sp³-hybridized carbons (Fsp3) is 0.261. The molecule has 1 aromatic heterocycles. The van der Waals surface area contributed by atoms with Gasteiger partial charge in [0.2, 0.25) is 11.8 Å². The van der Waals surface area contributed by atoms with E-state index in [9.17, 15) is 9.59 Å². The molecule has 1 atom stereocenters. The largest absolute Gasteiger partial charge is 0.349 e. The zero-order valence-electron chi connectivity index (χ0n) is 17.1. The Morgan fingerprint density at radius 3 is 2.41 bits per heavy atom. The minimum Gasteiger partial charge on any atom is -0.349 e. The van der Waals surface area contributed by atoms with Gasteiger partial charge in [0.15, 0.2) is 5.13 Å². The number of amides is 2. The summed E-state index contributed by atoms with van der Waals surface area (Å²) in [6.45, 7) is 7.69. The van der Waals surface area contributed by atoms with E-state index < -0.39 is 0 Å². The summed E-state index contributed by atoms with van der Waals surface area (Å²) in [6, 6.07) is 13.4. The second kappa shape index (κ2) is 9.01. The molecule has 150 valence electrons. The van der Waals surface area contributed by atoms with Gasteiger partial charge in [0.1, 0.15) is 0 Å². The molecule has 2 amide bonds. The number of nitrogens with one attached hydrogen (secondary N) is 2. The quantitative estimate of drug-likeness (QED) is 0.608. The summed E-state index contributed by atoms with van der Waals surface area (Å²) in [7, 11) is 0. The van der Waals surface area contributed by atoms with Gasteiger partial charge in [-0.2, -0.15) is 0 Å². The van der Waals surface area contributed by atoms with Gasteiger partial charge in [0, 0.05) is 17.9 Å². The van der Waals surface area contributed by atoms with Crippen LogP contribution in [0.25, 0.3) is 11.3 Å². The highest BCUT2D eigenvalue weighted by Crippen LogP contribution is 2.29. The van der Waals surface area contributed by atoms with Crippen LogP contribution in [-0.4, -0.2) is 16.8 Å². The molecule has 3 aromatic rings. The van der Waals surface area contributed by atoms with Crippen LogP contribution in [0.4, 0.5) is 5.13 Å². The van der Waals surface area contributed by atoms with E-state index in [4.69, 9.17) is 0 Å². The van der Waals surface area contributed by atoms with Crippen molar-refractivity contribution in [1.29, 1.82) is 0 Å². The molecule has 0 spiro atoms. The number of thiazole rings is 1. The number of hydrogen-bond donors (Lipinski definition) is 2. The zero-order chi connectivity index (χ0) is 21.0. The smallest absolute Gasteiger partial charge is 0.228 e. The zero-order valence-corrected chi connectivity index (χ0v) is 17.9. The molecule has 0 aliphatic rings. The fourth-order valence-corrected chi connectivity index (χ4v) is 3.96. The number of carbonyl (C=O) groups excluding carboxylic acids is 2. The summed E-state index contributed by atoms with van der Waals surface area (Å²) < 4.78 is 0. The molecule has 0 fully saturated rings. The highest BCUT2D eigenvalue weighted by molar-refractivity contribution is 7.14. The molecule has 0 saturated heterocycles. The Balaban J connectivity index is 1.72. The van der Waals surface area contributed by atoms with Crippen LogP contribution in [-0.2, 0) is 9.59 Å². The van der Waals surface area contributed by atoms with Gasteiger partial charge in [-0.15, -0.1) is 11.3 Å². The Morgan fingerprint density at radius 1 is 1.03 bits per heavy atom. The number of hydrogen-bond acceptors (Lipinski definition) is 4. The van der Waals surface area contributed by atoms with Crippen molar-refractivity contribution in [2.45, 2.75) is 40.2 Å². The summed E-state index contributed by atoms with van der Waals surface area (Å²) in [6.07, 6.45) is 0.140. The first kappa shape index (κ1) is 20.7. The molecular formula is C23H25N3O2S. The molecule has 0 bridgehead atoms. The second-order valence-electron chi connectivity index (χ2n) is 7.21. The second-order valence-corrected chi connectivity index (χ2v) is 8.06. The molecule has 5 nitrogen and oxygen atoms in total. The highest BCUT2D eigenvalue weighted by Gasteiger charge is 2.18. The van der Waals surface area contributed by atoms with Crippen LogP contribution in [0, 0.1) is 20.8 Å². The number of nitrogens with zero attached hydrogens (tertiary/aromatic N) is 1. The van der Waals surface area contributed by atoms with Crippen molar-refractivity contribution in [1.82, 2.24) is 10.3 Å². The number of carbonyl (C=O) groups is 2. The van der Waals surface area contributed by atoms with Crippen molar-refractivity contribution in [3.05, 3.63) is 70.1 Å². The number of aryl methyl sites for hydroxylation is 3. The van der Waals surface area contributed by atoms with Crippen LogP contribution in [0.3, 0.4) is 0 Å². The summed E-state index contributed by atoms with van der Waals surface area (Å²) in [4.78, 5) is 28.7. The van der Waals surface area contributed by atoms with Gasteiger partial charge >= 0.3 is 0 Å². The fourth-order valence-electron chi connectivity index (χ4n) is 3.23. The minimum absolute atomic E-state index is 0.140. The topological polar surface area (TPSA) is 71.1 Å². The summed E-state index contributed by atoms with van der Waals surface area (Å²) >= 11 is 1.40. The molecule has 0 unspecified atom stereocenters. The Kier molecular flexibility index (Phi) is 6.44. The number of benzene rings is 2. The molecule has 0 saturated carbocycles. The molecule has 6 heteroatoms. The Morgan fingerprint density at radius 2 is 1.72 bits per heavy atom. The molecule has 1 heterocycles. The van der Waals surface area contributed by atoms with Gasteiger partial charge in [-0.05, 0) is 49.1 Å². The number of anilines is 1. The maximum absolute atomic E-state index is 12.6. The lowest BCUT2D eigenvalue weighted by Crippen LogP contribution is -2.29. The third-order valence-electron chi connectivity index (χ3n) is 4.84. The number of aromatic nitrogens is 1. The first-order valence-electron chi connectivity index (χ1n) is 9.49. The van der Waals surface area contributed by atoms with Gasteiger partial charge in [-0.1, -0.05) is 36.4 Å². The monoisotopic (exact) mass is 407 g/mol. The van der Waals surface area contributed by atoms with E-state index in [0.717, 1.165) is 22.4 Å². The SMILES string of the molecule is CC(=O)N[C@@H](CC(=O)Nc1nc(-c2cc(C)c(C)cc2C)cs1)c1ccccc1. The van der Waals surface area contributed by atoms with Crippen molar-refractivity contribution >= 4 is 28.3 Å². The average molecular weight is 408 g/mol. The van der Waals surface area contributed by atoms with Crippen LogP contribution in [0.2, 0.25) is 0 Å². The lowest BCUT2D eigenvalue weighted by Gasteiger charge is -2.17. The Bertz CT molecular complexity index is 1030. The van der Waals surface area contributed by atoms with E-state index in [2.05, 4.69) is 48.5 Å². The van der Waals surface area contributed by atoms with E-state index in [0.29, 0.717) is 5.13 Å². The van der Waals surface area contributed by atoms with Crippen molar-refractivity contribution in [3.63, 3.8) is 0 Å². The summed E-state index contributed by atoms with van der Waals surface area (Å²) in [5, 5.41) is 8.22. The first-order valence-corrected chi connectivity index (χ1v) is 10.4. The van der Waals surface area contributed by atoms with Gasteiger partial charge in [0.25, 0.3) is 0 Å². The van der Waals surface area contributed by atoms with Crippen molar-refractivity contribution < 1.29 is 9.59 Å². The molecule has 2 N–H and O–H groups in total. The highest BCUT2D eigenvalue weighted by atomic mass is 32.1. The van der Waals surface area contributed by atoms with Crippen LogP contribution in [0.1, 0.15) is 41.6 Å². The lowest BCUT2D eigenvalue weighted by atomic mass is 9.99. The average Bonchev–Trinajstić information content (AvgIpc) is 3.12. The molecule has 0 aliphatic carbocycles. The Hall–Kier alpha value is -2.99. The van der Waals surface area contributed by atoms with Crippen molar-refractivity contribution in [2.24, 2.45) is 0 Å². The van der Waals surface area contributed by atoms with Crippen LogP contribution >= 0.6 is 11.3 Å². The van der Waals surface area contributed by atoms with Gasteiger partial charge in [-0.25, -0.2) is 4.98 Å². The lowest BCUT2D eigenvalue weighted by molar-refractivity contribution is -0.120. The predicted molar refractivity (Wildman–Crippen MR) is 118 cm³/mol. The molecular weight excluding hydrogens is 382 g/mol. The third kappa shape index (κ3) is 5.29. The minimum atomic E-state index is -0.380. The van der Waals surface area contributed by atoms with Crippen molar-refractivity contribution in [2.75, 3.05) is 5.32 Å². The third-order valence-corrected chi connectivity index (χ3v) is 5.59. The molecule has 29 heavy (non-hydrogen) atoms. The van der Waals surface area contributed by atoms with E-state index in [1.54, 1.807) is 0 Å². The van der Waals surface area contributed by atoms with Crippen LogP contribution in [0.5, 0.6) is 0 Å². The van der Waals surface area contributed by atoms with Gasteiger partial charge in [0.05, 0.1) is 18.2 Å². The number of rotatable bonds is 6. The van der Waals surface area contributed by atoms with E-state index in [1.807, 2.05) is 35.7 Å².